The van der Waals surface area contributed by atoms with Gasteiger partial charge in [-0.2, -0.15) is 0 Å². The molecule has 0 aliphatic carbocycles. The van der Waals surface area contributed by atoms with E-state index in [0.29, 0.717) is 6.04 Å². The lowest BCUT2D eigenvalue weighted by atomic mass is 10.1. The molecule has 1 heterocycles. The van der Waals surface area contributed by atoms with Gasteiger partial charge < -0.3 is 10.6 Å². The number of nitrogens with zero attached hydrogens (tertiary/aromatic N) is 2. The Morgan fingerprint density at radius 1 is 1.29 bits per heavy atom. The number of nitro benzene ring substituents is 1. The Balaban J connectivity index is 0.00000200. The molecule has 1 saturated heterocycles. The molecule has 0 amide bonds. The maximum absolute atomic E-state index is 10.6. The summed E-state index contributed by atoms with van der Waals surface area (Å²) in [7, 11) is 0. The van der Waals surface area contributed by atoms with Gasteiger partial charge in [0, 0.05) is 24.7 Å². The summed E-state index contributed by atoms with van der Waals surface area (Å²) in [6.45, 7) is 3.21. The number of hydrogen-bond acceptors (Lipinski definition) is 4. The molecule has 7 heteroatoms. The van der Waals surface area contributed by atoms with Gasteiger partial charge in [0.1, 0.15) is 0 Å². The smallest absolute Gasteiger partial charge is 0.269 e. The average Bonchev–Trinajstić information content (AvgIpc) is 2.39. The lowest BCUT2D eigenvalue weighted by Crippen LogP contribution is -2.43. The van der Waals surface area contributed by atoms with E-state index in [1.807, 2.05) is 12.1 Å². The fraction of sp³-hybridized carbons (Fsp3) is 0.571. The minimum Gasteiger partial charge on any atom is -0.327 e. The van der Waals surface area contributed by atoms with Crippen molar-refractivity contribution >= 4 is 30.5 Å². The van der Waals surface area contributed by atoms with Crippen LogP contribution in [0.25, 0.3) is 0 Å². The molecule has 120 valence electrons. The molecule has 0 saturated carbocycles. The Labute approximate surface area is 137 Å². The number of likely N-dealkylation sites (tertiary alicyclic amines) is 1. The fourth-order valence-electron chi connectivity index (χ4n) is 2.59. The van der Waals surface area contributed by atoms with Crippen molar-refractivity contribution in [3.63, 3.8) is 0 Å². The highest BCUT2D eigenvalue weighted by atomic mass is 35.5. The molecule has 21 heavy (non-hydrogen) atoms. The van der Waals surface area contributed by atoms with Crippen molar-refractivity contribution in [2.45, 2.75) is 31.7 Å². The summed E-state index contributed by atoms with van der Waals surface area (Å²) in [5.74, 6) is 0. The van der Waals surface area contributed by atoms with Crippen LogP contribution in [0.4, 0.5) is 5.69 Å². The molecule has 0 spiro atoms. The molecule has 1 unspecified atom stereocenters. The first kappa shape index (κ1) is 20.1. The lowest BCUT2D eigenvalue weighted by molar-refractivity contribution is -0.384. The zero-order chi connectivity index (χ0) is 13.7. The van der Waals surface area contributed by atoms with Crippen LogP contribution in [0.1, 0.15) is 24.8 Å². The van der Waals surface area contributed by atoms with E-state index in [2.05, 4.69) is 4.90 Å². The topological polar surface area (TPSA) is 72.4 Å². The van der Waals surface area contributed by atoms with Crippen LogP contribution in [0.2, 0.25) is 0 Å². The second kappa shape index (κ2) is 9.95. The van der Waals surface area contributed by atoms with Gasteiger partial charge in [-0.25, -0.2) is 0 Å². The molecular weight excluding hydrogens is 313 g/mol. The van der Waals surface area contributed by atoms with Crippen molar-refractivity contribution in [3.8, 4) is 0 Å². The third-order valence-corrected chi connectivity index (χ3v) is 3.63. The highest BCUT2D eigenvalue weighted by molar-refractivity contribution is 5.85. The molecule has 1 atom stereocenters. The van der Waals surface area contributed by atoms with E-state index in [1.165, 1.54) is 6.42 Å². The zero-order valence-electron chi connectivity index (χ0n) is 11.9. The van der Waals surface area contributed by atoms with Crippen LogP contribution in [-0.4, -0.2) is 35.5 Å². The zero-order valence-corrected chi connectivity index (χ0v) is 13.6. The number of aryl methyl sites for hydroxylation is 1. The van der Waals surface area contributed by atoms with Gasteiger partial charge in [0.15, 0.2) is 0 Å². The molecule has 1 fully saturated rings. The van der Waals surface area contributed by atoms with Gasteiger partial charge in [-0.1, -0.05) is 12.1 Å². The third-order valence-electron chi connectivity index (χ3n) is 3.63. The predicted molar refractivity (Wildman–Crippen MR) is 89.6 cm³/mol. The van der Waals surface area contributed by atoms with Crippen molar-refractivity contribution in [2.75, 3.05) is 19.6 Å². The lowest BCUT2D eigenvalue weighted by Gasteiger charge is -2.30. The van der Waals surface area contributed by atoms with Crippen LogP contribution in [0, 0.1) is 10.1 Å². The van der Waals surface area contributed by atoms with Crippen molar-refractivity contribution in [1.82, 2.24) is 4.90 Å². The van der Waals surface area contributed by atoms with Crippen LogP contribution in [-0.2, 0) is 6.42 Å². The second-order valence-electron chi connectivity index (χ2n) is 5.23. The summed E-state index contributed by atoms with van der Waals surface area (Å²) in [5, 5.41) is 10.6. The van der Waals surface area contributed by atoms with E-state index in [4.69, 9.17) is 5.73 Å². The van der Waals surface area contributed by atoms with E-state index in [1.54, 1.807) is 12.1 Å². The SMILES string of the molecule is Cl.Cl.NC1CCCN(CCCc2ccc([N+](=O)[O-])cc2)C1. The van der Waals surface area contributed by atoms with Crippen molar-refractivity contribution in [1.29, 1.82) is 0 Å². The molecule has 5 nitrogen and oxygen atoms in total. The molecule has 1 aromatic rings. The number of halogens is 2. The number of benzene rings is 1. The Morgan fingerprint density at radius 3 is 2.52 bits per heavy atom. The molecule has 0 bridgehead atoms. The molecule has 1 aliphatic heterocycles. The Kier molecular flexibility index (Phi) is 9.53. The predicted octanol–water partition coefficient (Wildman–Crippen LogP) is 2.79. The minimum absolute atomic E-state index is 0. The Bertz CT molecular complexity index is 429. The minimum atomic E-state index is -0.362. The fourth-order valence-corrected chi connectivity index (χ4v) is 2.59. The standard InChI is InChI=1S/C14H21N3O2.2ClH/c15-13-4-2-10-16(11-13)9-1-3-12-5-7-14(8-6-12)17(18)19;;/h5-8,13H,1-4,9-11,15H2;2*1H. The molecule has 1 aliphatic rings. The van der Waals surface area contributed by atoms with Gasteiger partial charge in [-0.15, -0.1) is 24.8 Å². The van der Waals surface area contributed by atoms with Crippen molar-refractivity contribution in [3.05, 3.63) is 39.9 Å². The summed E-state index contributed by atoms with van der Waals surface area (Å²) < 4.78 is 0. The van der Waals surface area contributed by atoms with Gasteiger partial charge >= 0.3 is 0 Å². The normalized spacial score (nSPS) is 18.4. The maximum atomic E-state index is 10.6. The first-order valence-corrected chi connectivity index (χ1v) is 6.86. The van der Waals surface area contributed by atoms with E-state index in [-0.39, 0.29) is 35.4 Å². The van der Waals surface area contributed by atoms with Gasteiger partial charge in [-0.3, -0.25) is 10.1 Å². The number of hydrogen-bond donors (Lipinski definition) is 1. The van der Waals surface area contributed by atoms with Gasteiger partial charge in [-0.05, 0) is 44.3 Å². The van der Waals surface area contributed by atoms with Crippen LogP contribution in [0.15, 0.2) is 24.3 Å². The van der Waals surface area contributed by atoms with E-state index < -0.39 is 0 Å². The molecule has 2 N–H and O–H groups in total. The number of nitrogens with two attached hydrogens (primary N) is 1. The van der Waals surface area contributed by atoms with E-state index in [9.17, 15) is 10.1 Å². The molecule has 0 aromatic heterocycles. The van der Waals surface area contributed by atoms with Crippen molar-refractivity contribution < 1.29 is 4.92 Å². The first-order chi connectivity index (χ1) is 9.15. The number of non-ortho nitro benzene ring substituents is 1. The molecule has 1 aromatic carbocycles. The first-order valence-electron chi connectivity index (χ1n) is 6.86. The molecule has 2 rings (SSSR count). The second-order valence-corrected chi connectivity index (χ2v) is 5.23. The highest BCUT2D eigenvalue weighted by Gasteiger charge is 2.15. The summed E-state index contributed by atoms with van der Waals surface area (Å²) in [6, 6.07) is 7.17. The monoisotopic (exact) mass is 335 g/mol. The third kappa shape index (κ3) is 6.61. The van der Waals surface area contributed by atoms with Crippen LogP contribution in [0.5, 0.6) is 0 Å². The van der Waals surface area contributed by atoms with Crippen molar-refractivity contribution in [2.24, 2.45) is 5.73 Å². The average molecular weight is 336 g/mol. The summed E-state index contributed by atoms with van der Waals surface area (Å²) in [4.78, 5) is 12.6. The van der Waals surface area contributed by atoms with Gasteiger partial charge in [0.05, 0.1) is 4.92 Å². The van der Waals surface area contributed by atoms with Crippen LogP contribution >= 0.6 is 24.8 Å². The molecular formula is C14H23Cl2N3O2. The van der Waals surface area contributed by atoms with Gasteiger partial charge in [0.2, 0.25) is 0 Å². The quantitative estimate of drug-likeness (QED) is 0.663. The Morgan fingerprint density at radius 2 is 1.95 bits per heavy atom. The van der Waals surface area contributed by atoms with E-state index in [0.717, 1.165) is 44.5 Å². The summed E-state index contributed by atoms with van der Waals surface area (Å²) in [5.41, 5.74) is 7.26. The van der Waals surface area contributed by atoms with Gasteiger partial charge in [0.25, 0.3) is 5.69 Å². The maximum Gasteiger partial charge on any atom is 0.269 e. The Hall–Kier alpha value is -0.880. The van der Waals surface area contributed by atoms with Crippen LogP contribution < -0.4 is 5.73 Å². The highest BCUT2D eigenvalue weighted by Crippen LogP contribution is 2.14. The summed E-state index contributed by atoms with van der Waals surface area (Å²) in [6.07, 6.45) is 4.37. The van der Waals surface area contributed by atoms with E-state index >= 15 is 0 Å². The van der Waals surface area contributed by atoms with Crippen LogP contribution in [0.3, 0.4) is 0 Å². The number of nitro groups is 1. The summed E-state index contributed by atoms with van der Waals surface area (Å²) >= 11 is 0. The molecule has 0 radical (unpaired) electrons. The largest absolute Gasteiger partial charge is 0.327 e. The number of rotatable bonds is 5. The number of piperidine rings is 1.